The molecule has 1 atom stereocenters. The van der Waals surface area contributed by atoms with E-state index in [0.717, 1.165) is 6.07 Å². The van der Waals surface area contributed by atoms with Crippen molar-refractivity contribution in [1.29, 1.82) is 0 Å². The highest BCUT2D eigenvalue weighted by molar-refractivity contribution is 9.10. The summed E-state index contributed by atoms with van der Waals surface area (Å²) in [6.07, 6.45) is 0. The minimum atomic E-state index is -1.04. The van der Waals surface area contributed by atoms with E-state index in [0.29, 0.717) is 11.0 Å². The molecule has 1 amide bonds. The highest BCUT2D eigenvalue weighted by atomic mass is 79.9. The van der Waals surface area contributed by atoms with Gasteiger partial charge in [0.2, 0.25) is 0 Å². The number of halogens is 2. The summed E-state index contributed by atoms with van der Waals surface area (Å²) >= 11 is 3.19. The maximum Gasteiger partial charge on any atom is 0.252 e. The second-order valence-electron chi connectivity index (χ2n) is 5.04. The smallest absolute Gasteiger partial charge is 0.252 e. The third-order valence-electron chi connectivity index (χ3n) is 2.46. The van der Waals surface area contributed by atoms with Gasteiger partial charge in [-0.25, -0.2) is 4.39 Å². The van der Waals surface area contributed by atoms with Crippen LogP contribution in [0.2, 0.25) is 0 Å². The van der Waals surface area contributed by atoms with Gasteiger partial charge in [0, 0.05) is 17.6 Å². The standard InChI is InChI=1S/C13H18BrFN2O2/c1-13(19,8-17(2)3)7-16-12(18)10-6-9(15)4-5-11(10)14/h4-6,19H,7-8H2,1-3H3,(H,16,18). The maximum absolute atomic E-state index is 13.1. The Kier molecular flexibility index (Phi) is 5.46. The molecule has 0 bridgehead atoms. The molecule has 1 aromatic carbocycles. The van der Waals surface area contributed by atoms with Gasteiger partial charge in [0.05, 0.1) is 11.2 Å². The van der Waals surface area contributed by atoms with E-state index in [9.17, 15) is 14.3 Å². The van der Waals surface area contributed by atoms with Crippen molar-refractivity contribution in [1.82, 2.24) is 10.2 Å². The van der Waals surface area contributed by atoms with Gasteiger partial charge in [-0.2, -0.15) is 0 Å². The number of rotatable bonds is 5. The fourth-order valence-electron chi connectivity index (χ4n) is 1.77. The average Bonchev–Trinajstić information content (AvgIpc) is 2.27. The van der Waals surface area contributed by atoms with Gasteiger partial charge < -0.3 is 15.3 Å². The molecule has 1 unspecified atom stereocenters. The number of hydrogen-bond acceptors (Lipinski definition) is 3. The van der Waals surface area contributed by atoms with Crippen LogP contribution in [0.5, 0.6) is 0 Å². The van der Waals surface area contributed by atoms with Gasteiger partial charge >= 0.3 is 0 Å². The molecule has 1 rings (SSSR count). The second-order valence-corrected chi connectivity index (χ2v) is 5.90. The highest BCUT2D eigenvalue weighted by Gasteiger charge is 2.23. The van der Waals surface area contributed by atoms with Crippen molar-refractivity contribution in [2.45, 2.75) is 12.5 Å². The largest absolute Gasteiger partial charge is 0.387 e. The lowest BCUT2D eigenvalue weighted by Crippen LogP contribution is -2.47. The summed E-state index contributed by atoms with van der Waals surface area (Å²) in [5, 5.41) is 12.7. The Bertz CT molecular complexity index is 464. The minimum absolute atomic E-state index is 0.0902. The van der Waals surface area contributed by atoms with E-state index in [2.05, 4.69) is 21.2 Å². The van der Waals surface area contributed by atoms with E-state index in [1.807, 2.05) is 19.0 Å². The SMILES string of the molecule is CN(C)CC(C)(O)CNC(=O)c1cc(F)ccc1Br. The molecule has 0 aliphatic rings. The van der Waals surface area contributed by atoms with Gasteiger partial charge in [-0.3, -0.25) is 4.79 Å². The first-order valence-corrected chi connectivity index (χ1v) is 6.61. The summed E-state index contributed by atoms with van der Waals surface area (Å²) in [5.74, 6) is -0.904. The van der Waals surface area contributed by atoms with Crippen LogP contribution in [0.4, 0.5) is 4.39 Å². The molecule has 0 fully saturated rings. The van der Waals surface area contributed by atoms with Crippen molar-refractivity contribution < 1.29 is 14.3 Å². The van der Waals surface area contributed by atoms with E-state index in [4.69, 9.17) is 0 Å². The van der Waals surface area contributed by atoms with E-state index >= 15 is 0 Å². The van der Waals surface area contributed by atoms with Crippen LogP contribution in [0, 0.1) is 5.82 Å². The predicted molar refractivity (Wildman–Crippen MR) is 75.6 cm³/mol. The number of aliphatic hydroxyl groups is 1. The number of nitrogens with one attached hydrogen (secondary N) is 1. The van der Waals surface area contributed by atoms with E-state index in [-0.39, 0.29) is 12.1 Å². The lowest BCUT2D eigenvalue weighted by molar-refractivity contribution is 0.0326. The quantitative estimate of drug-likeness (QED) is 0.861. The monoisotopic (exact) mass is 332 g/mol. The summed E-state index contributed by atoms with van der Waals surface area (Å²) in [5.41, 5.74) is -0.834. The maximum atomic E-state index is 13.1. The second kappa shape index (κ2) is 6.45. The molecule has 0 heterocycles. The molecule has 4 nitrogen and oxygen atoms in total. The molecule has 0 aliphatic heterocycles. The molecule has 0 radical (unpaired) electrons. The third-order valence-corrected chi connectivity index (χ3v) is 3.15. The first kappa shape index (κ1) is 16.1. The molecule has 0 aliphatic carbocycles. The Morgan fingerprint density at radius 3 is 2.74 bits per heavy atom. The van der Waals surface area contributed by atoms with Crippen LogP contribution in [-0.2, 0) is 0 Å². The zero-order valence-corrected chi connectivity index (χ0v) is 12.8. The van der Waals surface area contributed by atoms with E-state index in [1.54, 1.807) is 6.92 Å². The molecule has 6 heteroatoms. The summed E-state index contributed by atoms with van der Waals surface area (Å²) in [7, 11) is 3.67. The lowest BCUT2D eigenvalue weighted by atomic mass is 10.1. The number of carbonyl (C=O) groups is 1. The zero-order chi connectivity index (χ0) is 14.6. The van der Waals surface area contributed by atoms with Crippen molar-refractivity contribution >= 4 is 21.8 Å². The van der Waals surface area contributed by atoms with Crippen LogP contribution >= 0.6 is 15.9 Å². The Morgan fingerprint density at radius 2 is 2.16 bits per heavy atom. The topological polar surface area (TPSA) is 52.6 Å². The van der Waals surface area contributed by atoms with Crippen LogP contribution in [-0.4, -0.2) is 48.7 Å². The van der Waals surface area contributed by atoms with Crippen LogP contribution in [0.15, 0.2) is 22.7 Å². The summed E-state index contributed by atoms with van der Waals surface area (Å²) in [4.78, 5) is 13.7. The van der Waals surface area contributed by atoms with E-state index in [1.165, 1.54) is 12.1 Å². The first-order valence-electron chi connectivity index (χ1n) is 5.82. The van der Waals surface area contributed by atoms with Crippen molar-refractivity contribution in [3.8, 4) is 0 Å². The number of hydrogen-bond donors (Lipinski definition) is 2. The van der Waals surface area contributed by atoms with Gasteiger partial charge in [-0.15, -0.1) is 0 Å². The van der Waals surface area contributed by atoms with Gasteiger partial charge in [0.25, 0.3) is 5.91 Å². The molecule has 1 aromatic rings. The third kappa shape index (κ3) is 5.26. The van der Waals surface area contributed by atoms with Gasteiger partial charge in [0.1, 0.15) is 5.82 Å². The number of benzene rings is 1. The summed E-state index contributed by atoms with van der Waals surface area (Å²) in [6, 6.07) is 3.89. The van der Waals surface area contributed by atoms with Crippen molar-refractivity contribution in [2.75, 3.05) is 27.2 Å². The normalized spacial score (nSPS) is 14.3. The zero-order valence-electron chi connectivity index (χ0n) is 11.2. The predicted octanol–water partition coefficient (Wildman–Crippen LogP) is 1.63. The van der Waals surface area contributed by atoms with Gasteiger partial charge in [0.15, 0.2) is 0 Å². The Morgan fingerprint density at radius 1 is 1.53 bits per heavy atom. The number of carbonyl (C=O) groups excluding carboxylic acids is 1. The summed E-state index contributed by atoms with van der Waals surface area (Å²) in [6.45, 7) is 2.14. The Hall–Kier alpha value is -0.980. The van der Waals surface area contributed by atoms with Gasteiger partial charge in [-0.05, 0) is 55.1 Å². The van der Waals surface area contributed by atoms with Crippen molar-refractivity contribution in [3.05, 3.63) is 34.1 Å². The lowest BCUT2D eigenvalue weighted by Gasteiger charge is -2.27. The van der Waals surface area contributed by atoms with Crippen LogP contribution < -0.4 is 5.32 Å². The Balaban J connectivity index is 2.68. The number of amides is 1. The molecular formula is C13H18BrFN2O2. The van der Waals surface area contributed by atoms with Crippen molar-refractivity contribution in [2.24, 2.45) is 0 Å². The molecule has 19 heavy (non-hydrogen) atoms. The molecule has 2 N–H and O–H groups in total. The molecule has 0 aromatic heterocycles. The van der Waals surface area contributed by atoms with E-state index < -0.39 is 17.3 Å². The summed E-state index contributed by atoms with van der Waals surface area (Å²) < 4.78 is 13.6. The Labute approximate surface area is 120 Å². The molecular weight excluding hydrogens is 315 g/mol. The fourth-order valence-corrected chi connectivity index (χ4v) is 2.20. The molecule has 0 saturated heterocycles. The van der Waals surface area contributed by atoms with Crippen LogP contribution in [0.25, 0.3) is 0 Å². The number of nitrogens with zero attached hydrogens (tertiary/aromatic N) is 1. The molecule has 106 valence electrons. The fraction of sp³-hybridized carbons (Fsp3) is 0.462. The highest BCUT2D eigenvalue weighted by Crippen LogP contribution is 2.17. The minimum Gasteiger partial charge on any atom is -0.387 e. The molecule has 0 saturated carbocycles. The van der Waals surface area contributed by atoms with Crippen LogP contribution in [0.3, 0.4) is 0 Å². The molecule has 0 spiro atoms. The number of likely N-dealkylation sites (N-methyl/N-ethyl adjacent to an activating group) is 1. The van der Waals surface area contributed by atoms with Crippen molar-refractivity contribution in [3.63, 3.8) is 0 Å². The first-order chi connectivity index (χ1) is 8.71. The average molecular weight is 333 g/mol. The van der Waals surface area contributed by atoms with Gasteiger partial charge in [-0.1, -0.05) is 0 Å². The van der Waals surface area contributed by atoms with Crippen LogP contribution in [0.1, 0.15) is 17.3 Å².